The van der Waals surface area contributed by atoms with Crippen molar-refractivity contribution in [1.29, 1.82) is 0 Å². The maximum Gasteiger partial charge on any atom is 0.340 e. The minimum Gasteiger partial charge on any atom is -0.493 e. The summed E-state index contributed by atoms with van der Waals surface area (Å²) in [6.45, 7) is 1.93. The van der Waals surface area contributed by atoms with Crippen LogP contribution in [-0.4, -0.2) is 38.1 Å². The van der Waals surface area contributed by atoms with Gasteiger partial charge in [0, 0.05) is 5.70 Å². The van der Waals surface area contributed by atoms with Crippen LogP contribution in [-0.2, 0) is 20.9 Å². The van der Waals surface area contributed by atoms with Gasteiger partial charge in [-0.05, 0) is 42.8 Å². The van der Waals surface area contributed by atoms with Crippen LogP contribution in [0.3, 0.4) is 0 Å². The number of rotatable bonds is 6. The summed E-state index contributed by atoms with van der Waals surface area (Å²) in [6, 6.07) is 8.77. The maximum atomic E-state index is 13.1. The third-order valence-electron chi connectivity index (χ3n) is 4.51. The van der Waals surface area contributed by atoms with Crippen LogP contribution in [0.2, 0.25) is 0 Å². The van der Waals surface area contributed by atoms with Crippen LogP contribution in [0.25, 0.3) is 6.08 Å². The van der Waals surface area contributed by atoms with E-state index in [-0.39, 0.29) is 23.6 Å². The van der Waals surface area contributed by atoms with Gasteiger partial charge >= 0.3 is 5.97 Å². The van der Waals surface area contributed by atoms with E-state index in [1.54, 1.807) is 50.4 Å². The Balaban J connectivity index is 2.04. The predicted octanol–water partition coefficient (Wildman–Crippen LogP) is 3.17. The first-order valence-electron chi connectivity index (χ1n) is 8.57. The monoisotopic (exact) mass is 383 g/mol. The number of hydrogen-bond donors (Lipinski definition) is 0. The van der Waals surface area contributed by atoms with Gasteiger partial charge in [-0.2, -0.15) is 0 Å². The van der Waals surface area contributed by atoms with Crippen molar-refractivity contribution in [3.63, 3.8) is 0 Å². The molecule has 7 heteroatoms. The molecule has 0 saturated heterocycles. The van der Waals surface area contributed by atoms with Gasteiger partial charge in [0.2, 0.25) is 0 Å². The molecule has 1 aromatic heterocycles. The number of methoxy groups -OCH3 is 3. The molecule has 2 aromatic rings. The number of carbonyl (C=O) groups is 2. The van der Waals surface area contributed by atoms with Gasteiger partial charge in [-0.25, -0.2) is 4.79 Å². The van der Waals surface area contributed by atoms with Crippen molar-refractivity contribution >= 4 is 18.0 Å². The number of hydrogen-bond acceptors (Lipinski definition) is 6. The van der Waals surface area contributed by atoms with Gasteiger partial charge in [0.25, 0.3) is 5.91 Å². The summed E-state index contributed by atoms with van der Waals surface area (Å²) < 4.78 is 20.8. The van der Waals surface area contributed by atoms with Crippen LogP contribution in [0, 0.1) is 0 Å². The molecule has 1 aromatic carbocycles. The SMILES string of the molecule is COC(=O)C1=C(C)N(Cc2ccco2)C(=O)/C1=C\c1ccc(OC)c(OC)c1. The van der Waals surface area contributed by atoms with Crippen LogP contribution < -0.4 is 9.47 Å². The van der Waals surface area contributed by atoms with Crippen LogP contribution in [0.1, 0.15) is 18.2 Å². The van der Waals surface area contributed by atoms with Gasteiger partial charge in [0.15, 0.2) is 11.5 Å². The minimum absolute atomic E-state index is 0.224. The lowest BCUT2D eigenvalue weighted by Crippen LogP contribution is -2.24. The van der Waals surface area contributed by atoms with Gasteiger partial charge in [-0.3, -0.25) is 4.79 Å². The second kappa shape index (κ2) is 8.04. The highest BCUT2D eigenvalue weighted by atomic mass is 16.5. The van der Waals surface area contributed by atoms with E-state index in [4.69, 9.17) is 18.6 Å². The third kappa shape index (κ3) is 3.51. The second-order valence-corrected chi connectivity index (χ2v) is 6.10. The molecule has 0 radical (unpaired) electrons. The smallest absolute Gasteiger partial charge is 0.340 e. The fourth-order valence-corrected chi connectivity index (χ4v) is 3.09. The molecule has 1 amide bonds. The topological polar surface area (TPSA) is 78.2 Å². The quantitative estimate of drug-likeness (QED) is 0.563. The Morgan fingerprint density at radius 2 is 1.89 bits per heavy atom. The lowest BCUT2D eigenvalue weighted by Gasteiger charge is -2.16. The Morgan fingerprint density at radius 1 is 1.14 bits per heavy atom. The highest BCUT2D eigenvalue weighted by Gasteiger charge is 2.37. The van der Waals surface area contributed by atoms with E-state index < -0.39 is 5.97 Å². The largest absolute Gasteiger partial charge is 0.493 e. The first-order chi connectivity index (χ1) is 13.5. The van der Waals surface area contributed by atoms with E-state index in [9.17, 15) is 9.59 Å². The Hall–Kier alpha value is -3.48. The molecule has 0 unspecified atom stereocenters. The van der Waals surface area contributed by atoms with Crippen molar-refractivity contribution in [3.05, 3.63) is 64.8 Å². The van der Waals surface area contributed by atoms with Crippen molar-refractivity contribution < 1.29 is 28.2 Å². The van der Waals surface area contributed by atoms with E-state index in [1.165, 1.54) is 25.4 Å². The Labute approximate surface area is 162 Å². The van der Waals surface area contributed by atoms with E-state index >= 15 is 0 Å². The van der Waals surface area contributed by atoms with Gasteiger partial charge in [0.05, 0.1) is 45.3 Å². The fraction of sp³-hybridized carbons (Fsp3) is 0.238. The molecule has 0 aliphatic carbocycles. The fourth-order valence-electron chi connectivity index (χ4n) is 3.09. The van der Waals surface area contributed by atoms with Crippen molar-refractivity contribution in [1.82, 2.24) is 4.90 Å². The molecule has 7 nitrogen and oxygen atoms in total. The molecule has 0 spiro atoms. The molecule has 0 N–H and O–H groups in total. The molecule has 0 atom stereocenters. The van der Waals surface area contributed by atoms with Gasteiger partial charge in [-0.1, -0.05) is 6.07 Å². The summed E-state index contributed by atoms with van der Waals surface area (Å²) in [5, 5.41) is 0. The molecular formula is C21H21NO6. The molecular weight excluding hydrogens is 362 g/mol. The highest BCUT2D eigenvalue weighted by molar-refractivity contribution is 6.16. The zero-order valence-electron chi connectivity index (χ0n) is 16.1. The zero-order valence-corrected chi connectivity index (χ0v) is 16.1. The molecule has 146 valence electrons. The Kier molecular flexibility index (Phi) is 5.54. The maximum absolute atomic E-state index is 13.1. The number of allylic oxidation sites excluding steroid dienone is 1. The standard InChI is InChI=1S/C21H21NO6/c1-13-19(21(24)27-4)16(20(23)22(13)12-15-6-5-9-28-15)10-14-7-8-17(25-2)18(11-14)26-3/h5-11H,12H2,1-4H3/b16-10-. The average Bonchev–Trinajstić information content (AvgIpc) is 3.30. The molecule has 3 rings (SSSR count). The van der Waals surface area contributed by atoms with Crippen molar-refractivity contribution in [3.8, 4) is 11.5 Å². The molecule has 0 fully saturated rings. The van der Waals surface area contributed by atoms with Gasteiger partial charge < -0.3 is 23.5 Å². The summed E-state index contributed by atoms with van der Waals surface area (Å²) in [5.74, 6) is 0.838. The van der Waals surface area contributed by atoms with E-state index in [0.29, 0.717) is 28.5 Å². The molecule has 28 heavy (non-hydrogen) atoms. The van der Waals surface area contributed by atoms with Crippen LogP contribution in [0.4, 0.5) is 0 Å². The van der Waals surface area contributed by atoms with E-state index in [1.807, 2.05) is 0 Å². The van der Waals surface area contributed by atoms with Crippen molar-refractivity contribution in [2.75, 3.05) is 21.3 Å². The molecule has 0 bridgehead atoms. The Bertz CT molecular complexity index is 955. The summed E-state index contributed by atoms with van der Waals surface area (Å²) in [5.41, 5.74) is 1.69. The minimum atomic E-state index is -0.570. The lowest BCUT2D eigenvalue weighted by molar-refractivity contribution is -0.136. The summed E-state index contributed by atoms with van der Waals surface area (Å²) >= 11 is 0. The number of nitrogens with zero attached hydrogens (tertiary/aromatic N) is 1. The van der Waals surface area contributed by atoms with Crippen molar-refractivity contribution in [2.24, 2.45) is 0 Å². The number of benzene rings is 1. The van der Waals surface area contributed by atoms with Crippen LogP contribution >= 0.6 is 0 Å². The third-order valence-corrected chi connectivity index (χ3v) is 4.51. The normalized spacial score (nSPS) is 15.4. The van der Waals surface area contributed by atoms with Crippen LogP contribution in [0.5, 0.6) is 11.5 Å². The molecule has 0 saturated carbocycles. The molecule has 2 heterocycles. The predicted molar refractivity (Wildman–Crippen MR) is 101 cm³/mol. The Morgan fingerprint density at radius 3 is 2.50 bits per heavy atom. The lowest BCUT2D eigenvalue weighted by atomic mass is 10.0. The van der Waals surface area contributed by atoms with Crippen LogP contribution in [0.15, 0.2) is 57.9 Å². The van der Waals surface area contributed by atoms with Gasteiger partial charge in [0.1, 0.15) is 5.76 Å². The van der Waals surface area contributed by atoms with E-state index in [2.05, 4.69) is 0 Å². The first-order valence-corrected chi connectivity index (χ1v) is 8.57. The molecule has 1 aliphatic heterocycles. The average molecular weight is 383 g/mol. The number of carbonyl (C=O) groups excluding carboxylic acids is 2. The summed E-state index contributed by atoms with van der Waals surface area (Å²) in [6.07, 6.45) is 3.18. The number of ether oxygens (including phenoxy) is 3. The second-order valence-electron chi connectivity index (χ2n) is 6.10. The number of furan rings is 1. The summed E-state index contributed by atoms with van der Waals surface area (Å²) in [7, 11) is 4.37. The van der Waals surface area contributed by atoms with E-state index in [0.717, 1.165) is 0 Å². The molecule has 1 aliphatic rings. The first kappa shape index (κ1) is 19.3. The van der Waals surface area contributed by atoms with Gasteiger partial charge in [-0.15, -0.1) is 0 Å². The zero-order chi connectivity index (χ0) is 20.3. The number of esters is 1. The summed E-state index contributed by atoms with van der Waals surface area (Å²) in [4.78, 5) is 26.9. The van der Waals surface area contributed by atoms with Crippen molar-refractivity contribution in [2.45, 2.75) is 13.5 Å². The highest BCUT2D eigenvalue weighted by Crippen LogP contribution is 2.34. The number of amides is 1.